The molecule has 1 amide bonds. The predicted molar refractivity (Wildman–Crippen MR) is 90.0 cm³/mol. The van der Waals surface area contributed by atoms with Crippen LogP contribution in [0.15, 0.2) is 18.2 Å². The number of aliphatic carboxylic acids is 1. The van der Waals surface area contributed by atoms with E-state index >= 15 is 0 Å². The molecule has 1 unspecified atom stereocenters. The van der Waals surface area contributed by atoms with E-state index in [2.05, 4.69) is 6.07 Å². The van der Waals surface area contributed by atoms with Gasteiger partial charge in [0, 0.05) is 13.1 Å². The minimum atomic E-state index is -0.684. The minimum Gasteiger partial charge on any atom is -0.493 e. The van der Waals surface area contributed by atoms with Gasteiger partial charge in [-0.3, -0.25) is 9.59 Å². The molecule has 0 radical (unpaired) electrons. The van der Waals surface area contributed by atoms with Gasteiger partial charge in [0.25, 0.3) is 0 Å². The second-order valence-electron chi connectivity index (χ2n) is 7.21. The van der Waals surface area contributed by atoms with Crippen LogP contribution in [-0.2, 0) is 9.59 Å². The molecular weight excluding hydrogens is 306 g/mol. The van der Waals surface area contributed by atoms with Gasteiger partial charge in [-0.2, -0.15) is 0 Å². The standard InChI is InChI=1S/C19H25NO4/c1-13-3-4-16(14(2)11-13)24-10-5-17(21)20-8-6-19(7-9-20)12-15(19)18(22)23/h3-4,11,15H,5-10,12H2,1-2H3,(H,22,23). The van der Waals surface area contributed by atoms with E-state index in [0.717, 1.165) is 30.6 Å². The number of aryl methyl sites for hydroxylation is 2. The van der Waals surface area contributed by atoms with Crippen molar-refractivity contribution in [2.24, 2.45) is 11.3 Å². The number of nitrogens with zero attached hydrogens (tertiary/aromatic N) is 1. The number of piperidine rings is 1. The molecule has 1 aliphatic carbocycles. The largest absolute Gasteiger partial charge is 0.493 e. The Bertz CT molecular complexity index is 647. The molecule has 24 heavy (non-hydrogen) atoms. The van der Waals surface area contributed by atoms with Crippen LogP contribution < -0.4 is 4.74 Å². The third kappa shape index (κ3) is 3.40. The molecule has 3 rings (SSSR count). The van der Waals surface area contributed by atoms with Crippen molar-refractivity contribution in [2.45, 2.75) is 39.5 Å². The van der Waals surface area contributed by atoms with Crippen LogP contribution in [-0.4, -0.2) is 41.6 Å². The van der Waals surface area contributed by atoms with E-state index in [0.29, 0.717) is 26.1 Å². The first-order valence-corrected chi connectivity index (χ1v) is 8.62. The molecule has 2 aliphatic rings. The lowest BCUT2D eigenvalue weighted by atomic mass is 9.90. The zero-order valence-corrected chi connectivity index (χ0v) is 14.4. The summed E-state index contributed by atoms with van der Waals surface area (Å²) in [5.41, 5.74) is 2.24. The van der Waals surface area contributed by atoms with E-state index in [-0.39, 0.29) is 17.2 Å². The first kappa shape index (κ1) is 16.8. The summed E-state index contributed by atoms with van der Waals surface area (Å²) in [4.78, 5) is 25.2. The third-order valence-electron chi connectivity index (χ3n) is 5.50. The zero-order valence-electron chi connectivity index (χ0n) is 14.4. The lowest BCUT2D eigenvalue weighted by molar-refractivity contribution is -0.139. The summed E-state index contributed by atoms with van der Waals surface area (Å²) in [6.45, 7) is 5.77. The van der Waals surface area contributed by atoms with Crippen molar-refractivity contribution >= 4 is 11.9 Å². The van der Waals surface area contributed by atoms with Crippen molar-refractivity contribution in [3.8, 4) is 5.75 Å². The number of likely N-dealkylation sites (tertiary alicyclic amines) is 1. The molecule has 1 saturated heterocycles. The molecule has 2 fully saturated rings. The molecule has 5 nitrogen and oxygen atoms in total. The van der Waals surface area contributed by atoms with Crippen LogP contribution in [0.2, 0.25) is 0 Å². The first-order valence-electron chi connectivity index (χ1n) is 8.62. The van der Waals surface area contributed by atoms with Gasteiger partial charge in [0.15, 0.2) is 0 Å². The van der Waals surface area contributed by atoms with Crippen LogP contribution >= 0.6 is 0 Å². The van der Waals surface area contributed by atoms with Crippen LogP contribution in [0.4, 0.5) is 0 Å². The van der Waals surface area contributed by atoms with Crippen molar-refractivity contribution in [1.29, 1.82) is 0 Å². The van der Waals surface area contributed by atoms with E-state index in [4.69, 9.17) is 9.84 Å². The number of hydrogen-bond acceptors (Lipinski definition) is 3. The Balaban J connectivity index is 1.43. The number of carboxylic acid groups (broad SMARTS) is 1. The average Bonchev–Trinajstić information content (AvgIpc) is 3.24. The van der Waals surface area contributed by atoms with Gasteiger partial charge in [0.05, 0.1) is 18.9 Å². The zero-order chi connectivity index (χ0) is 17.3. The minimum absolute atomic E-state index is 0.0296. The van der Waals surface area contributed by atoms with Gasteiger partial charge in [-0.15, -0.1) is 0 Å². The predicted octanol–water partition coefficient (Wildman–Crippen LogP) is 2.79. The Morgan fingerprint density at radius 2 is 2.00 bits per heavy atom. The van der Waals surface area contributed by atoms with Crippen LogP contribution in [0.1, 0.15) is 36.8 Å². The molecule has 0 bridgehead atoms. The Kier molecular flexibility index (Phi) is 4.52. The molecule has 1 spiro atoms. The van der Waals surface area contributed by atoms with Crippen LogP contribution in [0, 0.1) is 25.2 Å². The van der Waals surface area contributed by atoms with E-state index in [1.54, 1.807) is 0 Å². The average molecular weight is 331 g/mol. The molecule has 5 heteroatoms. The van der Waals surface area contributed by atoms with E-state index in [1.165, 1.54) is 5.56 Å². The molecule has 0 aromatic heterocycles. The lowest BCUT2D eigenvalue weighted by Gasteiger charge is -2.32. The fourth-order valence-electron chi connectivity index (χ4n) is 3.82. The van der Waals surface area contributed by atoms with Gasteiger partial charge >= 0.3 is 5.97 Å². The Hall–Kier alpha value is -2.04. The molecule has 1 aromatic rings. The summed E-state index contributed by atoms with van der Waals surface area (Å²) in [6, 6.07) is 6.01. The molecular formula is C19H25NO4. The molecule has 130 valence electrons. The molecule has 1 atom stereocenters. The normalized spacial score (nSPS) is 21.6. The smallest absolute Gasteiger partial charge is 0.307 e. The number of carbonyl (C=O) groups is 2. The number of rotatable bonds is 5. The molecule has 1 heterocycles. The summed E-state index contributed by atoms with van der Waals surface area (Å²) < 4.78 is 5.73. The Labute approximate surface area is 142 Å². The van der Waals surface area contributed by atoms with Crippen LogP contribution in [0.5, 0.6) is 5.75 Å². The number of amides is 1. The number of carboxylic acids is 1. The second-order valence-corrected chi connectivity index (χ2v) is 7.21. The summed E-state index contributed by atoms with van der Waals surface area (Å²) in [6.07, 6.45) is 2.77. The highest BCUT2D eigenvalue weighted by molar-refractivity contribution is 5.77. The monoisotopic (exact) mass is 331 g/mol. The Morgan fingerprint density at radius 1 is 1.29 bits per heavy atom. The molecule has 1 N–H and O–H groups in total. The number of hydrogen-bond donors (Lipinski definition) is 1. The van der Waals surface area contributed by atoms with Gasteiger partial charge in [0.1, 0.15) is 5.75 Å². The maximum atomic E-state index is 12.3. The summed E-state index contributed by atoms with van der Waals surface area (Å²) in [7, 11) is 0. The molecule has 1 aliphatic heterocycles. The molecule has 1 saturated carbocycles. The number of ether oxygens (including phenoxy) is 1. The maximum Gasteiger partial charge on any atom is 0.307 e. The summed E-state index contributed by atoms with van der Waals surface area (Å²) in [5.74, 6) is 0.0506. The van der Waals surface area contributed by atoms with Gasteiger partial charge < -0.3 is 14.7 Å². The SMILES string of the molecule is Cc1ccc(OCCC(=O)N2CCC3(CC2)CC3C(=O)O)c(C)c1. The number of benzene rings is 1. The topological polar surface area (TPSA) is 66.8 Å². The van der Waals surface area contributed by atoms with Crippen molar-refractivity contribution in [3.05, 3.63) is 29.3 Å². The second kappa shape index (κ2) is 6.46. The van der Waals surface area contributed by atoms with Crippen LogP contribution in [0.3, 0.4) is 0 Å². The fraction of sp³-hybridized carbons (Fsp3) is 0.579. The van der Waals surface area contributed by atoms with Crippen molar-refractivity contribution < 1.29 is 19.4 Å². The highest BCUT2D eigenvalue weighted by Crippen LogP contribution is 2.59. The van der Waals surface area contributed by atoms with Crippen LogP contribution in [0.25, 0.3) is 0 Å². The van der Waals surface area contributed by atoms with Crippen molar-refractivity contribution in [2.75, 3.05) is 19.7 Å². The van der Waals surface area contributed by atoms with E-state index < -0.39 is 5.97 Å². The lowest BCUT2D eigenvalue weighted by Crippen LogP contribution is -2.40. The van der Waals surface area contributed by atoms with E-state index in [1.807, 2.05) is 30.9 Å². The van der Waals surface area contributed by atoms with Gasteiger partial charge in [-0.25, -0.2) is 0 Å². The van der Waals surface area contributed by atoms with Gasteiger partial charge in [-0.05, 0) is 50.2 Å². The molecule has 1 aromatic carbocycles. The Morgan fingerprint density at radius 3 is 2.58 bits per heavy atom. The summed E-state index contributed by atoms with van der Waals surface area (Å²) in [5, 5.41) is 9.11. The first-order chi connectivity index (χ1) is 11.4. The van der Waals surface area contributed by atoms with Gasteiger partial charge in [0.2, 0.25) is 5.91 Å². The maximum absolute atomic E-state index is 12.3. The quantitative estimate of drug-likeness (QED) is 0.901. The highest BCUT2D eigenvalue weighted by atomic mass is 16.5. The fourth-order valence-corrected chi connectivity index (χ4v) is 3.82. The highest BCUT2D eigenvalue weighted by Gasteiger charge is 2.59. The van der Waals surface area contributed by atoms with Crippen molar-refractivity contribution in [3.63, 3.8) is 0 Å². The number of carbonyl (C=O) groups excluding carboxylic acids is 1. The third-order valence-corrected chi connectivity index (χ3v) is 5.50. The van der Waals surface area contributed by atoms with Gasteiger partial charge in [-0.1, -0.05) is 17.7 Å². The van der Waals surface area contributed by atoms with E-state index in [9.17, 15) is 9.59 Å². The van der Waals surface area contributed by atoms with Crippen molar-refractivity contribution in [1.82, 2.24) is 4.90 Å². The summed E-state index contributed by atoms with van der Waals surface area (Å²) >= 11 is 0.